The van der Waals surface area contributed by atoms with Crippen LogP contribution >= 0.6 is 0 Å². The molecular weight excluding hydrogens is 302 g/mol. The van der Waals surface area contributed by atoms with Crippen molar-refractivity contribution < 1.29 is 14.3 Å². The molecule has 0 aromatic heterocycles. The number of nitrogens with one attached hydrogen (secondary N) is 1. The summed E-state index contributed by atoms with van der Waals surface area (Å²) < 4.78 is 4.94. The smallest absolute Gasteiger partial charge is 0.329 e. The van der Waals surface area contributed by atoms with E-state index >= 15 is 0 Å². The minimum Gasteiger partial charge on any atom is -0.467 e. The Morgan fingerprint density at radius 3 is 2.04 bits per heavy atom. The molecule has 1 N–H and O–H groups in total. The number of ether oxygens (including phenoxy) is 1. The number of carbonyl (C=O) groups is 2. The van der Waals surface area contributed by atoms with Crippen LogP contribution in [-0.2, 0) is 14.3 Å². The Hall–Kier alpha value is -2.62. The molecule has 0 aliphatic heterocycles. The molecule has 0 saturated heterocycles. The zero-order valence-electron chi connectivity index (χ0n) is 14.5. The first kappa shape index (κ1) is 17.7. The van der Waals surface area contributed by atoms with Crippen LogP contribution in [0.3, 0.4) is 0 Å². The molecular formula is C20H23NO3. The topological polar surface area (TPSA) is 55.4 Å². The molecule has 0 radical (unpaired) electrons. The van der Waals surface area contributed by atoms with Crippen molar-refractivity contribution in [2.45, 2.75) is 32.7 Å². The number of methoxy groups -OCH3 is 1. The van der Waals surface area contributed by atoms with Crippen LogP contribution in [0.15, 0.2) is 48.5 Å². The quantitative estimate of drug-likeness (QED) is 0.859. The summed E-state index contributed by atoms with van der Waals surface area (Å²) in [6.07, 6.45) is 0. The number of rotatable bonds is 5. The summed E-state index contributed by atoms with van der Waals surface area (Å²) in [5.74, 6) is -1.05. The Balaban J connectivity index is 2.60. The molecule has 0 aliphatic carbocycles. The molecule has 4 heteroatoms. The van der Waals surface area contributed by atoms with Crippen LogP contribution in [0, 0.1) is 13.8 Å². The highest BCUT2D eigenvalue weighted by atomic mass is 16.5. The number of hydrogen-bond donors (Lipinski definition) is 1. The van der Waals surface area contributed by atoms with Crippen LogP contribution in [0.1, 0.15) is 35.1 Å². The number of aryl methyl sites for hydroxylation is 2. The SMILES string of the molecule is COC(=O)[C@@H](NC(C)=O)[C@@H](c1ccccc1)c1cc(C)cc(C)c1. The molecule has 2 aromatic rings. The Bertz CT molecular complexity index is 705. The third-order valence-corrected chi connectivity index (χ3v) is 3.91. The molecule has 2 aromatic carbocycles. The maximum atomic E-state index is 12.4. The summed E-state index contributed by atoms with van der Waals surface area (Å²) in [5, 5.41) is 2.75. The van der Waals surface area contributed by atoms with Crippen molar-refractivity contribution in [1.29, 1.82) is 0 Å². The van der Waals surface area contributed by atoms with Gasteiger partial charge in [-0.25, -0.2) is 4.79 Å². The third-order valence-electron chi connectivity index (χ3n) is 3.91. The maximum Gasteiger partial charge on any atom is 0.329 e. The molecule has 24 heavy (non-hydrogen) atoms. The van der Waals surface area contributed by atoms with Crippen LogP contribution in [0.4, 0.5) is 0 Å². The van der Waals surface area contributed by atoms with Gasteiger partial charge in [0.15, 0.2) is 0 Å². The van der Waals surface area contributed by atoms with Gasteiger partial charge in [-0.15, -0.1) is 0 Å². The van der Waals surface area contributed by atoms with E-state index in [0.717, 1.165) is 22.3 Å². The normalized spacial score (nSPS) is 13.0. The van der Waals surface area contributed by atoms with E-state index in [4.69, 9.17) is 4.74 Å². The second-order valence-corrected chi connectivity index (χ2v) is 6.01. The molecule has 4 nitrogen and oxygen atoms in total. The van der Waals surface area contributed by atoms with E-state index < -0.39 is 12.0 Å². The fourth-order valence-corrected chi connectivity index (χ4v) is 3.05. The van der Waals surface area contributed by atoms with Gasteiger partial charge >= 0.3 is 5.97 Å². The second-order valence-electron chi connectivity index (χ2n) is 6.01. The van der Waals surface area contributed by atoms with Gasteiger partial charge in [0.1, 0.15) is 6.04 Å². The Morgan fingerprint density at radius 2 is 1.54 bits per heavy atom. The molecule has 0 fully saturated rings. The summed E-state index contributed by atoms with van der Waals surface area (Å²) in [7, 11) is 1.33. The first-order valence-corrected chi connectivity index (χ1v) is 7.90. The largest absolute Gasteiger partial charge is 0.467 e. The van der Waals surface area contributed by atoms with Crippen LogP contribution < -0.4 is 5.32 Å². The molecule has 0 heterocycles. The van der Waals surface area contributed by atoms with E-state index in [-0.39, 0.29) is 11.8 Å². The van der Waals surface area contributed by atoms with Crippen LogP contribution in [0.25, 0.3) is 0 Å². The summed E-state index contributed by atoms with van der Waals surface area (Å²) in [6, 6.07) is 15.1. The van der Waals surface area contributed by atoms with Crippen molar-refractivity contribution in [2.24, 2.45) is 0 Å². The zero-order chi connectivity index (χ0) is 17.7. The molecule has 0 bridgehead atoms. The molecule has 2 atom stereocenters. The highest BCUT2D eigenvalue weighted by Crippen LogP contribution is 2.30. The molecule has 1 amide bonds. The van der Waals surface area contributed by atoms with E-state index in [1.54, 1.807) is 0 Å². The van der Waals surface area contributed by atoms with Crippen LogP contribution in [-0.4, -0.2) is 25.0 Å². The van der Waals surface area contributed by atoms with Gasteiger partial charge in [-0.3, -0.25) is 4.79 Å². The van der Waals surface area contributed by atoms with E-state index in [1.165, 1.54) is 14.0 Å². The van der Waals surface area contributed by atoms with Gasteiger partial charge in [-0.05, 0) is 25.0 Å². The fourth-order valence-electron chi connectivity index (χ4n) is 3.05. The number of amides is 1. The average Bonchev–Trinajstić information content (AvgIpc) is 2.53. The van der Waals surface area contributed by atoms with E-state index in [9.17, 15) is 9.59 Å². The lowest BCUT2D eigenvalue weighted by Crippen LogP contribution is -2.45. The lowest BCUT2D eigenvalue weighted by molar-refractivity contribution is -0.145. The molecule has 2 rings (SSSR count). The van der Waals surface area contributed by atoms with Gasteiger partial charge in [0.05, 0.1) is 7.11 Å². The van der Waals surface area contributed by atoms with Gasteiger partial charge < -0.3 is 10.1 Å². The number of benzene rings is 2. The minimum absolute atomic E-state index is 0.268. The van der Waals surface area contributed by atoms with E-state index in [0.29, 0.717) is 0 Å². The average molecular weight is 325 g/mol. The summed E-state index contributed by atoms with van der Waals surface area (Å²) in [5.41, 5.74) is 4.14. The molecule has 0 aliphatic rings. The summed E-state index contributed by atoms with van der Waals surface area (Å²) in [4.78, 5) is 24.0. The Kier molecular flexibility index (Phi) is 5.74. The number of esters is 1. The lowest BCUT2D eigenvalue weighted by Gasteiger charge is -2.27. The monoisotopic (exact) mass is 325 g/mol. The second kappa shape index (κ2) is 7.77. The van der Waals surface area contributed by atoms with Crippen LogP contribution in [0.2, 0.25) is 0 Å². The first-order valence-electron chi connectivity index (χ1n) is 7.90. The van der Waals surface area contributed by atoms with Crippen LogP contribution in [0.5, 0.6) is 0 Å². The van der Waals surface area contributed by atoms with Gasteiger partial charge in [-0.1, -0.05) is 59.7 Å². The first-order chi connectivity index (χ1) is 11.4. The maximum absolute atomic E-state index is 12.4. The Morgan fingerprint density at radius 1 is 0.958 bits per heavy atom. The highest BCUT2D eigenvalue weighted by molar-refractivity contribution is 5.84. The molecule has 126 valence electrons. The summed E-state index contributed by atoms with van der Waals surface area (Å²) in [6.45, 7) is 5.44. The fraction of sp³-hybridized carbons (Fsp3) is 0.300. The Labute approximate surface area is 142 Å². The zero-order valence-corrected chi connectivity index (χ0v) is 14.5. The number of hydrogen-bond acceptors (Lipinski definition) is 3. The standard InChI is InChI=1S/C20H23NO3/c1-13-10-14(2)12-17(11-13)18(16-8-6-5-7-9-16)19(20(23)24-4)21-15(3)22/h5-12,18-19H,1-4H3,(H,21,22)/t18-,19-/m0/s1. The van der Waals surface area contributed by atoms with E-state index in [2.05, 4.69) is 11.4 Å². The van der Waals surface area contributed by atoms with Crippen molar-refractivity contribution in [1.82, 2.24) is 5.32 Å². The lowest BCUT2D eigenvalue weighted by atomic mass is 9.83. The van der Waals surface area contributed by atoms with Crippen molar-refractivity contribution in [3.63, 3.8) is 0 Å². The molecule has 0 spiro atoms. The van der Waals surface area contributed by atoms with E-state index in [1.807, 2.05) is 56.3 Å². The summed E-state index contributed by atoms with van der Waals surface area (Å²) >= 11 is 0. The molecule has 0 unspecified atom stereocenters. The molecule has 0 saturated carbocycles. The van der Waals surface area contributed by atoms with Crippen molar-refractivity contribution in [2.75, 3.05) is 7.11 Å². The van der Waals surface area contributed by atoms with Gasteiger partial charge in [0, 0.05) is 12.8 Å². The predicted octanol–water partition coefficient (Wildman–Crippen LogP) is 3.11. The van der Waals surface area contributed by atoms with Crippen molar-refractivity contribution >= 4 is 11.9 Å². The van der Waals surface area contributed by atoms with Crippen molar-refractivity contribution in [3.8, 4) is 0 Å². The highest BCUT2D eigenvalue weighted by Gasteiger charge is 2.32. The number of carbonyl (C=O) groups excluding carboxylic acids is 2. The predicted molar refractivity (Wildman–Crippen MR) is 93.8 cm³/mol. The van der Waals surface area contributed by atoms with Gasteiger partial charge in [0.25, 0.3) is 0 Å². The van der Waals surface area contributed by atoms with Gasteiger partial charge in [-0.2, -0.15) is 0 Å². The minimum atomic E-state index is -0.781. The van der Waals surface area contributed by atoms with Crippen molar-refractivity contribution in [3.05, 3.63) is 70.8 Å². The third kappa shape index (κ3) is 4.22. The van der Waals surface area contributed by atoms with Gasteiger partial charge in [0.2, 0.25) is 5.91 Å².